The van der Waals surface area contributed by atoms with E-state index in [0.717, 1.165) is 11.4 Å². The van der Waals surface area contributed by atoms with Gasteiger partial charge in [0.2, 0.25) is 5.91 Å². The van der Waals surface area contributed by atoms with Crippen molar-refractivity contribution in [2.24, 2.45) is 7.05 Å². The number of nitrogens with zero attached hydrogens (tertiary/aromatic N) is 5. The topological polar surface area (TPSA) is 86.9 Å². The predicted molar refractivity (Wildman–Crippen MR) is 124 cm³/mol. The van der Waals surface area contributed by atoms with Crippen LogP contribution in [0.4, 0.5) is 5.82 Å². The van der Waals surface area contributed by atoms with Crippen LogP contribution >= 0.6 is 23.4 Å². The zero-order valence-corrected chi connectivity index (χ0v) is 19.1. The summed E-state index contributed by atoms with van der Waals surface area (Å²) < 4.78 is 9.38. The molecule has 2 aromatic heterocycles. The zero-order chi connectivity index (χ0) is 22.5. The molecular formula is C22H21ClN6O2S. The molecule has 2 aromatic carbocycles. The summed E-state index contributed by atoms with van der Waals surface area (Å²) in [5.41, 5.74) is 1.71. The van der Waals surface area contributed by atoms with Crippen molar-refractivity contribution in [3.05, 3.63) is 77.2 Å². The maximum Gasteiger partial charge on any atom is 0.235 e. The van der Waals surface area contributed by atoms with Gasteiger partial charge < -0.3 is 10.1 Å². The van der Waals surface area contributed by atoms with Crippen LogP contribution < -0.4 is 10.1 Å². The van der Waals surface area contributed by atoms with Gasteiger partial charge in [0.15, 0.2) is 11.0 Å². The van der Waals surface area contributed by atoms with Gasteiger partial charge in [0, 0.05) is 18.8 Å². The highest BCUT2D eigenvalue weighted by Gasteiger charge is 2.17. The molecule has 0 fully saturated rings. The van der Waals surface area contributed by atoms with Gasteiger partial charge >= 0.3 is 0 Å². The van der Waals surface area contributed by atoms with E-state index in [0.29, 0.717) is 27.6 Å². The van der Waals surface area contributed by atoms with E-state index in [9.17, 15) is 4.79 Å². The lowest BCUT2D eigenvalue weighted by Crippen LogP contribution is -2.17. The number of rotatable bonds is 8. The lowest BCUT2D eigenvalue weighted by atomic mass is 10.3. The summed E-state index contributed by atoms with van der Waals surface area (Å²) in [7, 11) is 1.78. The number of anilines is 1. The molecular weight excluding hydrogens is 448 g/mol. The van der Waals surface area contributed by atoms with Crippen molar-refractivity contribution in [3.8, 4) is 11.4 Å². The van der Waals surface area contributed by atoms with Crippen molar-refractivity contribution in [1.29, 1.82) is 0 Å². The number of para-hydroxylation sites is 2. The number of halogens is 1. The van der Waals surface area contributed by atoms with Gasteiger partial charge in [0.25, 0.3) is 0 Å². The second kappa shape index (κ2) is 9.88. The Balaban J connectivity index is 1.51. The molecule has 0 aliphatic heterocycles. The van der Waals surface area contributed by atoms with E-state index in [1.54, 1.807) is 23.9 Å². The molecule has 1 amide bonds. The first kappa shape index (κ1) is 21.9. The molecule has 0 radical (unpaired) electrons. The molecule has 0 bridgehead atoms. The third-order valence-corrected chi connectivity index (χ3v) is 5.75. The quantitative estimate of drug-likeness (QED) is 0.388. The van der Waals surface area contributed by atoms with Gasteiger partial charge in [0.05, 0.1) is 16.5 Å². The molecule has 4 rings (SSSR count). The number of hydrogen-bond acceptors (Lipinski definition) is 6. The Bertz CT molecular complexity index is 1220. The maximum absolute atomic E-state index is 12.5. The number of aryl methyl sites for hydroxylation is 2. The van der Waals surface area contributed by atoms with Crippen LogP contribution in [0.2, 0.25) is 5.02 Å². The van der Waals surface area contributed by atoms with Crippen molar-refractivity contribution in [1.82, 2.24) is 24.5 Å². The van der Waals surface area contributed by atoms with Gasteiger partial charge in [-0.1, -0.05) is 53.7 Å². The highest BCUT2D eigenvalue weighted by Crippen LogP contribution is 2.26. The van der Waals surface area contributed by atoms with Crippen LogP contribution in [0.25, 0.3) is 5.69 Å². The largest absolute Gasteiger partial charge is 0.484 e. The number of carbonyl (C=O) groups is 1. The van der Waals surface area contributed by atoms with Crippen molar-refractivity contribution >= 4 is 35.1 Å². The van der Waals surface area contributed by atoms with E-state index in [-0.39, 0.29) is 18.3 Å². The minimum absolute atomic E-state index is 0.158. The predicted octanol–water partition coefficient (Wildman–Crippen LogP) is 4.27. The van der Waals surface area contributed by atoms with Crippen molar-refractivity contribution in [2.75, 3.05) is 11.1 Å². The molecule has 0 unspecified atom stereocenters. The van der Waals surface area contributed by atoms with E-state index in [1.807, 2.05) is 60.0 Å². The van der Waals surface area contributed by atoms with Crippen LogP contribution in [-0.4, -0.2) is 36.2 Å². The Morgan fingerprint density at radius 2 is 1.88 bits per heavy atom. The fourth-order valence-electron chi connectivity index (χ4n) is 3.06. The SMILES string of the molecule is Cc1cc(NC(=O)CSc2nnc(COc3ccccc3Cl)n2-c2ccccc2)n(C)n1. The third kappa shape index (κ3) is 5.12. The number of hydrogen-bond donors (Lipinski definition) is 1. The Morgan fingerprint density at radius 1 is 1.12 bits per heavy atom. The minimum Gasteiger partial charge on any atom is -0.484 e. The lowest BCUT2D eigenvalue weighted by Gasteiger charge is -2.11. The Hall–Kier alpha value is -3.30. The number of nitrogens with one attached hydrogen (secondary N) is 1. The first-order valence-electron chi connectivity index (χ1n) is 9.81. The summed E-state index contributed by atoms with van der Waals surface area (Å²) in [6.45, 7) is 2.05. The van der Waals surface area contributed by atoms with E-state index < -0.39 is 0 Å². The lowest BCUT2D eigenvalue weighted by molar-refractivity contribution is -0.113. The number of carbonyl (C=O) groups excluding carboxylic acids is 1. The Labute approximate surface area is 194 Å². The number of ether oxygens (including phenoxy) is 1. The van der Waals surface area contributed by atoms with Crippen LogP contribution in [0, 0.1) is 6.92 Å². The normalized spacial score (nSPS) is 10.8. The molecule has 4 aromatic rings. The highest BCUT2D eigenvalue weighted by atomic mass is 35.5. The molecule has 0 saturated carbocycles. The molecule has 0 spiro atoms. The van der Waals surface area contributed by atoms with Crippen LogP contribution in [0.1, 0.15) is 11.5 Å². The van der Waals surface area contributed by atoms with E-state index in [2.05, 4.69) is 20.6 Å². The third-order valence-electron chi connectivity index (χ3n) is 4.51. The van der Waals surface area contributed by atoms with Crippen LogP contribution in [-0.2, 0) is 18.4 Å². The van der Waals surface area contributed by atoms with E-state index in [1.165, 1.54) is 11.8 Å². The zero-order valence-electron chi connectivity index (χ0n) is 17.5. The fourth-order valence-corrected chi connectivity index (χ4v) is 4.03. The Kier molecular flexibility index (Phi) is 6.77. The summed E-state index contributed by atoms with van der Waals surface area (Å²) in [5, 5.41) is 16.8. The molecule has 8 nitrogen and oxygen atoms in total. The average molecular weight is 469 g/mol. The number of amides is 1. The molecule has 32 heavy (non-hydrogen) atoms. The monoisotopic (exact) mass is 468 g/mol. The number of benzene rings is 2. The summed E-state index contributed by atoms with van der Waals surface area (Å²) in [5.74, 6) is 1.82. The van der Waals surface area contributed by atoms with Gasteiger partial charge in [-0.15, -0.1) is 10.2 Å². The molecule has 2 heterocycles. The minimum atomic E-state index is -0.158. The van der Waals surface area contributed by atoms with Crippen molar-refractivity contribution in [2.45, 2.75) is 18.7 Å². The van der Waals surface area contributed by atoms with E-state index in [4.69, 9.17) is 16.3 Å². The molecule has 0 aliphatic rings. The standard InChI is InChI=1S/C22H21ClN6O2S/c1-15-12-19(28(2)27-15)24-21(30)14-32-22-26-25-20(29(22)16-8-4-3-5-9-16)13-31-18-11-7-6-10-17(18)23/h3-12H,13-14H2,1-2H3,(H,24,30). The van der Waals surface area contributed by atoms with Gasteiger partial charge in [-0.3, -0.25) is 14.0 Å². The first-order chi connectivity index (χ1) is 15.5. The molecule has 164 valence electrons. The van der Waals surface area contributed by atoms with Crippen molar-refractivity contribution < 1.29 is 9.53 Å². The fraction of sp³-hybridized carbons (Fsp3) is 0.182. The number of thioether (sulfide) groups is 1. The number of aromatic nitrogens is 5. The van der Waals surface area contributed by atoms with E-state index >= 15 is 0 Å². The summed E-state index contributed by atoms with van der Waals surface area (Å²) in [6, 6.07) is 18.8. The summed E-state index contributed by atoms with van der Waals surface area (Å²) in [6.07, 6.45) is 0. The summed E-state index contributed by atoms with van der Waals surface area (Å²) >= 11 is 7.49. The van der Waals surface area contributed by atoms with Gasteiger partial charge in [-0.2, -0.15) is 5.10 Å². The molecule has 0 saturated heterocycles. The van der Waals surface area contributed by atoms with Crippen LogP contribution in [0.5, 0.6) is 5.75 Å². The smallest absolute Gasteiger partial charge is 0.235 e. The first-order valence-corrected chi connectivity index (χ1v) is 11.2. The molecule has 1 N–H and O–H groups in total. The second-order valence-electron chi connectivity index (χ2n) is 6.92. The molecule has 0 atom stereocenters. The van der Waals surface area contributed by atoms with Gasteiger partial charge in [0.1, 0.15) is 18.2 Å². The molecule has 10 heteroatoms. The average Bonchev–Trinajstić information content (AvgIpc) is 3.34. The highest BCUT2D eigenvalue weighted by molar-refractivity contribution is 7.99. The van der Waals surface area contributed by atoms with Crippen LogP contribution in [0.3, 0.4) is 0 Å². The molecule has 0 aliphatic carbocycles. The van der Waals surface area contributed by atoms with Crippen molar-refractivity contribution in [3.63, 3.8) is 0 Å². The summed E-state index contributed by atoms with van der Waals surface area (Å²) in [4.78, 5) is 12.5. The second-order valence-corrected chi connectivity index (χ2v) is 8.27. The maximum atomic E-state index is 12.5. The van der Waals surface area contributed by atoms with Gasteiger partial charge in [-0.25, -0.2) is 0 Å². The van der Waals surface area contributed by atoms with Crippen LogP contribution in [0.15, 0.2) is 65.8 Å². The Morgan fingerprint density at radius 3 is 2.59 bits per heavy atom. The van der Waals surface area contributed by atoms with Gasteiger partial charge in [-0.05, 0) is 31.2 Å².